The molecule has 0 unspecified atom stereocenters. The maximum Gasteiger partial charge on any atom is 0.419 e. The summed E-state index contributed by atoms with van der Waals surface area (Å²) >= 11 is 0. The van der Waals surface area contributed by atoms with E-state index in [0.717, 1.165) is 22.9 Å². The van der Waals surface area contributed by atoms with Crippen LogP contribution in [0, 0.1) is 6.92 Å². The van der Waals surface area contributed by atoms with Crippen molar-refractivity contribution in [3.63, 3.8) is 0 Å². The van der Waals surface area contributed by atoms with Gasteiger partial charge in [-0.3, -0.25) is 4.79 Å². The molecule has 3 heterocycles. The lowest BCUT2D eigenvalue weighted by molar-refractivity contribution is 0.0284. The third kappa shape index (κ3) is 3.08. The zero-order valence-corrected chi connectivity index (χ0v) is 15.5. The second kappa shape index (κ2) is 7.08. The third-order valence-corrected chi connectivity index (χ3v) is 4.71. The molecule has 3 aromatic rings. The zero-order valence-electron chi connectivity index (χ0n) is 15.5. The standard InChI is InChI=1S/C20H22N2O5/c1-3-8-26-20(24)22-15-11-13(2)4-5-14(15)18-16(22)12-17(27-18)19(23)21-6-9-25-10-7-21/h4-5,11-12H,3,6-10H2,1-2H3. The van der Waals surface area contributed by atoms with Crippen LogP contribution in [0.5, 0.6) is 0 Å². The second-order valence-electron chi connectivity index (χ2n) is 6.70. The number of benzene rings is 1. The first-order chi connectivity index (χ1) is 13.1. The lowest BCUT2D eigenvalue weighted by Crippen LogP contribution is -2.40. The van der Waals surface area contributed by atoms with Crippen molar-refractivity contribution >= 4 is 34.0 Å². The molecule has 0 bridgehead atoms. The Morgan fingerprint density at radius 3 is 2.67 bits per heavy atom. The number of ether oxygens (including phenoxy) is 2. The molecule has 4 rings (SSSR count). The summed E-state index contributed by atoms with van der Waals surface area (Å²) < 4.78 is 18.0. The van der Waals surface area contributed by atoms with Crippen molar-refractivity contribution in [2.45, 2.75) is 20.3 Å². The molecule has 0 radical (unpaired) electrons. The molecule has 0 N–H and O–H groups in total. The van der Waals surface area contributed by atoms with Gasteiger partial charge in [0.1, 0.15) is 0 Å². The van der Waals surface area contributed by atoms with E-state index in [4.69, 9.17) is 13.9 Å². The molecule has 1 aliphatic heterocycles. The fourth-order valence-corrected chi connectivity index (χ4v) is 3.37. The molecule has 1 amide bonds. The van der Waals surface area contributed by atoms with Gasteiger partial charge in [0.05, 0.1) is 30.9 Å². The molecule has 1 aliphatic rings. The number of fused-ring (bicyclic) bond motifs is 3. The minimum absolute atomic E-state index is 0.191. The normalized spacial score (nSPS) is 14.8. The summed E-state index contributed by atoms with van der Waals surface area (Å²) in [6, 6.07) is 7.41. The highest BCUT2D eigenvalue weighted by atomic mass is 16.5. The van der Waals surface area contributed by atoms with Gasteiger partial charge < -0.3 is 18.8 Å². The maximum absolute atomic E-state index is 12.8. The predicted octanol–water partition coefficient (Wildman–Crippen LogP) is 3.56. The van der Waals surface area contributed by atoms with E-state index in [9.17, 15) is 9.59 Å². The third-order valence-electron chi connectivity index (χ3n) is 4.71. The number of amides is 1. The van der Waals surface area contributed by atoms with Gasteiger partial charge in [-0.1, -0.05) is 13.0 Å². The molecule has 0 atom stereocenters. The fraction of sp³-hybridized carbons (Fsp3) is 0.400. The van der Waals surface area contributed by atoms with Crippen LogP contribution in [-0.4, -0.2) is 54.4 Å². The summed E-state index contributed by atoms with van der Waals surface area (Å²) in [5, 5.41) is 0.782. The minimum Gasteiger partial charge on any atom is -0.449 e. The number of rotatable bonds is 3. The quantitative estimate of drug-likeness (QED) is 0.705. The highest BCUT2D eigenvalue weighted by Gasteiger charge is 2.26. The van der Waals surface area contributed by atoms with Crippen molar-refractivity contribution in [2.75, 3.05) is 32.9 Å². The van der Waals surface area contributed by atoms with Crippen LogP contribution >= 0.6 is 0 Å². The van der Waals surface area contributed by atoms with Crippen LogP contribution in [0.25, 0.3) is 22.0 Å². The topological polar surface area (TPSA) is 73.9 Å². The molecular weight excluding hydrogens is 348 g/mol. The Morgan fingerprint density at radius 2 is 1.93 bits per heavy atom. The molecule has 142 valence electrons. The van der Waals surface area contributed by atoms with Crippen LogP contribution in [0.3, 0.4) is 0 Å². The van der Waals surface area contributed by atoms with E-state index in [1.807, 2.05) is 32.0 Å². The van der Waals surface area contributed by atoms with Crippen LogP contribution in [0.1, 0.15) is 29.5 Å². The first-order valence-corrected chi connectivity index (χ1v) is 9.19. The van der Waals surface area contributed by atoms with E-state index >= 15 is 0 Å². The molecule has 7 heteroatoms. The van der Waals surface area contributed by atoms with Crippen molar-refractivity contribution in [1.29, 1.82) is 0 Å². The molecule has 1 fully saturated rings. The largest absolute Gasteiger partial charge is 0.449 e. The Labute approximate surface area is 156 Å². The van der Waals surface area contributed by atoms with E-state index in [1.54, 1.807) is 11.0 Å². The average Bonchev–Trinajstić information content (AvgIpc) is 3.22. The molecule has 0 saturated carbocycles. The van der Waals surface area contributed by atoms with Gasteiger partial charge in [-0.25, -0.2) is 9.36 Å². The van der Waals surface area contributed by atoms with Gasteiger partial charge in [-0.2, -0.15) is 0 Å². The van der Waals surface area contributed by atoms with Gasteiger partial charge >= 0.3 is 6.09 Å². The van der Waals surface area contributed by atoms with Crippen LogP contribution in [0.2, 0.25) is 0 Å². The highest BCUT2D eigenvalue weighted by Crippen LogP contribution is 2.33. The molecule has 0 spiro atoms. The highest BCUT2D eigenvalue weighted by molar-refractivity contribution is 6.12. The van der Waals surface area contributed by atoms with Gasteiger partial charge in [0.2, 0.25) is 0 Å². The minimum atomic E-state index is -0.464. The predicted molar refractivity (Wildman–Crippen MR) is 100 cm³/mol. The summed E-state index contributed by atoms with van der Waals surface area (Å²) in [4.78, 5) is 27.1. The molecule has 0 aliphatic carbocycles. The van der Waals surface area contributed by atoms with Gasteiger partial charge in [-0.15, -0.1) is 0 Å². The summed E-state index contributed by atoms with van der Waals surface area (Å²) in [6.45, 7) is 6.34. The monoisotopic (exact) mass is 370 g/mol. The average molecular weight is 370 g/mol. The van der Waals surface area contributed by atoms with Crippen molar-refractivity contribution in [3.8, 4) is 0 Å². The second-order valence-corrected chi connectivity index (χ2v) is 6.70. The molecule has 1 saturated heterocycles. The maximum atomic E-state index is 12.8. The van der Waals surface area contributed by atoms with Crippen LogP contribution < -0.4 is 0 Å². The van der Waals surface area contributed by atoms with E-state index < -0.39 is 6.09 Å². The van der Waals surface area contributed by atoms with E-state index in [-0.39, 0.29) is 11.7 Å². The number of hydrogen-bond donors (Lipinski definition) is 0. The fourth-order valence-electron chi connectivity index (χ4n) is 3.37. The van der Waals surface area contributed by atoms with Gasteiger partial charge in [0.15, 0.2) is 11.3 Å². The Balaban J connectivity index is 1.82. The molecule has 1 aromatic carbocycles. The Morgan fingerprint density at radius 1 is 1.15 bits per heavy atom. The van der Waals surface area contributed by atoms with Gasteiger partial charge in [0.25, 0.3) is 5.91 Å². The Bertz CT molecular complexity index is 1010. The van der Waals surface area contributed by atoms with Crippen LogP contribution in [0.4, 0.5) is 4.79 Å². The number of carbonyl (C=O) groups is 2. The van der Waals surface area contributed by atoms with Gasteiger partial charge in [0, 0.05) is 24.5 Å². The van der Waals surface area contributed by atoms with Crippen molar-refractivity contribution in [1.82, 2.24) is 9.47 Å². The van der Waals surface area contributed by atoms with E-state index in [0.29, 0.717) is 44.0 Å². The van der Waals surface area contributed by atoms with E-state index in [2.05, 4.69) is 0 Å². The first-order valence-electron chi connectivity index (χ1n) is 9.19. The number of hydrogen-bond acceptors (Lipinski definition) is 5. The summed E-state index contributed by atoms with van der Waals surface area (Å²) in [6.07, 6.45) is 0.271. The zero-order chi connectivity index (χ0) is 19.0. The Hall–Kier alpha value is -2.80. The summed E-state index contributed by atoms with van der Waals surface area (Å²) in [5.41, 5.74) is 2.82. The summed E-state index contributed by atoms with van der Waals surface area (Å²) in [7, 11) is 0. The summed E-state index contributed by atoms with van der Waals surface area (Å²) in [5.74, 6) is 0.0321. The number of aromatic nitrogens is 1. The number of furan rings is 1. The van der Waals surface area contributed by atoms with Crippen molar-refractivity contribution in [2.24, 2.45) is 0 Å². The molecular formula is C20H22N2O5. The van der Waals surface area contributed by atoms with E-state index in [1.165, 1.54) is 4.57 Å². The SMILES string of the molecule is CCCOC(=O)n1c2cc(C)ccc2c2oc(C(=O)N3CCOCC3)cc21. The Kier molecular flexibility index (Phi) is 4.61. The van der Waals surface area contributed by atoms with Crippen molar-refractivity contribution in [3.05, 3.63) is 35.6 Å². The smallest absolute Gasteiger partial charge is 0.419 e. The molecule has 27 heavy (non-hydrogen) atoms. The molecule has 7 nitrogen and oxygen atoms in total. The lowest BCUT2D eigenvalue weighted by Gasteiger charge is -2.25. The number of carbonyl (C=O) groups excluding carboxylic acids is 2. The number of nitrogens with zero attached hydrogens (tertiary/aromatic N) is 2. The van der Waals surface area contributed by atoms with Crippen LogP contribution in [0.15, 0.2) is 28.7 Å². The van der Waals surface area contributed by atoms with Crippen LogP contribution in [-0.2, 0) is 9.47 Å². The molecule has 2 aromatic heterocycles. The first kappa shape index (κ1) is 17.6. The van der Waals surface area contributed by atoms with Gasteiger partial charge in [-0.05, 0) is 31.0 Å². The number of aryl methyl sites for hydroxylation is 1. The van der Waals surface area contributed by atoms with Crippen molar-refractivity contribution < 1.29 is 23.5 Å². The lowest BCUT2D eigenvalue weighted by atomic mass is 10.2. The number of morpholine rings is 1.